The molecule has 0 heterocycles. The van der Waals surface area contributed by atoms with Crippen LogP contribution in [0.5, 0.6) is 0 Å². The monoisotopic (exact) mass is 342 g/mol. The summed E-state index contributed by atoms with van der Waals surface area (Å²) in [6.45, 7) is 0.775. The number of nitro benzene ring substituents is 1. The Balaban J connectivity index is 2.03. The molecular weight excluding hydrogens is 324 g/mol. The van der Waals surface area contributed by atoms with Crippen molar-refractivity contribution in [3.05, 3.63) is 38.3 Å². The zero-order chi connectivity index (χ0) is 14.5. The van der Waals surface area contributed by atoms with Crippen molar-refractivity contribution in [2.75, 3.05) is 6.61 Å². The second-order valence-electron chi connectivity index (χ2n) is 5.22. The van der Waals surface area contributed by atoms with E-state index in [0.717, 1.165) is 18.4 Å². The third-order valence-corrected chi connectivity index (χ3v) is 4.87. The Labute approximate surface area is 126 Å². The molecule has 0 bridgehead atoms. The van der Waals surface area contributed by atoms with E-state index in [2.05, 4.69) is 21.2 Å². The summed E-state index contributed by atoms with van der Waals surface area (Å²) in [5.74, 6) is 0.293. The first kappa shape index (κ1) is 15.4. The molecule has 5 nitrogen and oxygen atoms in total. The molecule has 0 spiro atoms. The molecule has 110 valence electrons. The molecule has 1 aromatic rings. The second-order valence-corrected chi connectivity index (χ2v) is 6.01. The van der Waals surface area contributed by atoms with Crippen LogP contribution in [0, 0.1) is 16.0 Å². The summed E-state index contributed by atoms with van der Waals surface area (Å²) in [6, 6.07) is 5.36. The van der Waals surface area contributed by atoms with Crippen LogP contribution in [0.3, 0.4) is 0 Å². The maximum Gasteiger partial charge on any atom is 0.283 e. The summed E-state index contributed by atoms with van der Waals surface area (Å²) in [4.78, 5) is 10.5. The molecule has 6 heteroatoms. The zero-order valence-corrected chi connectivity index (χ0v) is 12.8. The van der Waals surface area contributed by atoms with E-state index in [9.17, 15) is 15.2 Å². The van der Waals surface area contributed by atoms with Crippen LogP contribution in [0.4, 0.5) is 5.69 Å². The molecule has 2 rings (SSSR count). The van der Waals surface area contributed by atoms with Crippen molar-refractivity contribution >= 4 is 21.6 Å². The highest BCUT2D eigenvalue weighted by Crippen LogP contribution is 2.29. The number of aliphatic hydroxyl groups excluding tert-OH is 1. The van der Waals surface area contributed by atoms with Crippen molar-refractivity contribution in [2.24, 2.45) is 5.92 Å². The van der Waals surface area contributed by atoms with E-state index in [1.165, 1.54) is 18.9 Å². The zero-order valence-electron chi connectivity index (χ0n) is 11.2. The first-order valence-electron chi connectivity index (χ1n) is 6.89. The van der Waals surface area contributed by atoms with E-state index in [1.807, 2.05) is 6.07 Å². The molecule has 0 radical (unpaired) electrons. The number of nitrogens with zero attached hydrogens (tertiary/aromatic N) is 1. The average molecular weight is 343 g/mol. The number of halogens is 1. The molecule has 0 saturated heterocycles. The van der Waals surface area contributed by atoms with Gasteiger partial charge in [0.1, 0.15) is 0 Å². The number of hydrogen-bond acceptors (Lipinski definition) is 4. The van der Waals surface area contributed by atoms with Gasteiger partial charge >= 0.3 is 0 Å². The van der Waals surface area contributed by atoms with E-state index < -0.39 is 0 Å². The fourth-order valence-corrected chi connectivity index (χ4v) is 3.33. The van der Waals surface area contributed by atoms with E-state index in [4.69, 9.17) is 0 Å². The number of benzene rings is 1. The number of hydrogen-bond donors (Lipinski definition) is 2. The molecule has 1 aliphatic rings. The lowest BCUT2D eigenvalue weighted by Gasteiger charge is -2.31. The van der Waals surface area contributed by atoms with E-state index >= 15 is 0 Å². The lowest BCUT2D eigenvalue weighted by atomic mass is 9.85. The van der Waals surface area contributed by atoms with Crippen LogP contribution in [0.15, 0.2) is 22.7 Å². The Morgan fingerprint density at radius 2 is 2.15 bits per heavy atom. The summed E-state index contributed by atoms with van der Waals surface area (Å²) in [5.41, 5.74) is 0.966. The van der Waals surface area contributed by atoms with Gasteiger partial charge in [0.25, 0.3) is 5.69 Å². The maximum atomic E-state index is 10.9. The SMILES string of the molecule is O=[N+]([O-])c1cccc(CNC2CCCCC2CO)c1Br. The van der Waals surface area contributed by atoms with Crippen molar-refractivity contribution in [1.29, 1.82) is 0 Å². The molecular formula is C14H19BrN2O3. The van der Waals surface area contributed by atoms with Crippen LogP contribution in [0.1, 0.15) is 31.2 Å². The van der Waals surface area contributed by atoms with Gasteiger partial charge in [0.15, 0.2) is 0 Å². The predicted molar refractivity (Wildman–Crippen MR) is 80.5 cm³/mol. The fraction of sp³-hybridized carbons (Fsp3) is 0.571. The summed E-state index contributed by atoms with van der Waals surface area (Å²) in [6.07, 6.45) is 4.44. The molecule has 2 N–H and O–H groups in total. The van der Waals surface area contributed by atoms with E-state index in [-0.39, 0.29) is 17.2 Å². The van der Waals surface area contributed by atoms with Crippen molar-refractivity contribution < 1.29 is 10.0 Å². The summed E-state index contributed by atoms with van der Waals surface area (Å²) < 4.78 is 0.536. The van der Waals surface area contributed by atoms with Gasteiger partial charge in [-0.3, -0.25) is 10.1 Å². The van der Waals surface area contributed by atoms with Crippen LogP contribution < -0.4 is 5.32 Å². The molecule has 1 aliphatic carbocycles. The Hall–Kier alpha value is -0.980. The molecule has 0 amide bonds. The van der Waals surface area contributed by atoms with Crippen LogP contribution in [-0.2, 0) is 6.54 Å². The van der Waals surface area contributed by atoms with Crippen molar-refractivity contribution in [2.45, 2.75) is 38.3 Å². The van der Waals surface area contributed by atoms with Crippen LogP contribution in [-0.4, -0.2) is 22.7 Å². The van der Waals surface area contributed by atoms with Gasteiger partial charge in [-0.1, -0.05) is 25.0 Å². The summed E-state index contributed by atoms with van der Waals surface area (Å²) in [7, 11) is 0. The molecule has 20 heavy (non-hydrogen) atoms. The summed E-state index contributed by atoms with van der Waals surface area (Å²) >= 11 is 3.31. The van der Waals surface area contributed by atoms with E-state index in [1.54, 1.807) is 6.07 Å². The highest BCUT2D eigenvalue weighted by molar-refractivity contribution is 9.10. The molecule has 1 saturated carbocycles. The Kier molecular flexibility index (Phi) is 5.51. The third kappa shape index (κ3) is 3.56. The molecule has 1 fully saturated rings. The van der Waals surface area contributed by atoms with Gasteiger partial charge < -0.3 is 10.4 Å². The number of nitro groups is 1. The molecule has 1 aromatic carbocycles. The highest BCUT2D eigenvalue weighted by atomic mass is 79.9. The number of nitrogens with one attached hydrogen (secondary N) is 1. The highest BCUT2D eigenvalue weighted by Gasteiger charge is 2.24. The van der Waals surface area contributed by atoms with Crippen LogP contribution in [0.25, 0.3) is 0 Å². The van der Waals surface area contributed by atoms with Crippen molar-refractivity contribution in [3.8, 4) is 0 Å². The van der Waals surface area contributed by atoms with Crippen LogP contribution >= 0.6 is 15.9 Å². The van der Waals surface area contributed by atoms with Gasteiger partial charge in [0, 0.05) is 25.3 Å². The Morgan fingerprint density at radius 1 is 1.40 bits per heavy atom. The Bertz CT molecular complexity index is 481. The molecule has 2 unspecified atom stereocenters. The third-order valence-electron chi connectivity index (χ3n) is 3.95. The number of aliphatic hydroxyl groups is 1. The standard InChI is InChI=1S/C14H19BrN2O3/c15-14-10(5-3-7-13(14)17(19)20)8-16-12-6-2-1-4-11(12)9-18/h3,5,7,11-12,16,18H,1-2,4,6,8-9H2. The van der Waals surface area contributed by atoms with Gasteiger partial charge in [-0.15, -0.1) is 0 Å². The van der Waals surface area contributed by atoms with Gasteiger partial charge in [-0.05, 0) is 40.3 Å². The first-order valence-corrected chi connectivity index (χ1v) is 7.68. The van der Waals surface area contributed by atoms with Gasteiger partial charge in [0.2, 0.25) is 0 Å². The topological polar surface area (TPSA) is 75.4 Å². The molecule has 2 atom stereocenters. The minimum atomic E-state index is -0.384. The largest absolute Gasteiger partial charge is 0.396 e. The first-order chi connectivity index (χ1) is 9.63. The summed E-state index contributed by atoms with van der Waals surface area (Å²) in [5, 5.41) is 23.7. The second kappa shape index (κ2) is 7.15. The predicted octanol–water partition coefficient (Wildman–Crippen LogP) is 3.00. The minimum Gasteiger partial charge on any atom is -0.396 e. The quantitative estimate of drug-likeness (QED) is 0.637. The smallest absolute Gasteiger partial charge is 0.283 e. The van der Waals surface area contributed by atoms with Gasteiger partial charge in [0.05, 0.1) is 9.40 Å². The Morgan fingerprint density at radius 3 is 2.85 bits per heavy atom. The lowest BCUT2D eigenvalue weighted by molar-refractivity contribution is -0.385. The van der Waals surface area contributed by atoms with Crippen molar-refractivity contribution in [1.82, 2.24) is 5.32 Å². The van der Waals surface area contributed by atoms with E-state index in [0.29, 0.717) is 23.0 Å². The van der Waals surface area contributed by atoms with Crippen LogP contribution in [0.2, 0.25) is 0 Å². The average Bonchev–Trinajstić information content (AvgIpc) is 2.46. The molecule has 0 aromatic heterocycles. The number of rotatable bonds is 5. The maximum absolute atomic E-state index is 10.9. The van der Waals surface area contributed by atoms with Crippen molar-refractivity contribution in [3.63, 3.8) is 0 Å². The lowest BCUT2D eigenvalue weighted by Crippen LogP contribution is -2.39. The molecule has 0 aliphatic heterocycles. The fourth-order valence-electron chi connectivity index (χ4n) is 2.78. The van der Waals surface area contributed by atoms with Gasteiger partial charge in [-0.25, -0.2) is 0 Å². The normalized spacial score (nSPS) is 22.7. The van der Waals surface area contributed by atoms with Gasteiger partial charge in [-0.2, -0.15) is 0 Å². The minimum absolute atomic E-state index is 0.0895.